The van der Waals surface area contributed by atoms with E-state index >= 15 is 0 Å². The SMILES string of the molecule is CCN(CC)c1cc(C(C)(C)C)nc(SCc2cccc(C(=O)N3CCN(C)CC3)c2)n1. The number of rotatable bonds is 7. The first kappa shape index (κ1) is 24.5. The standard InChI is InChI=1S/C25H37N5OS/c1-7-29(8-2)22-17-21(25(3,4)5)26-24(27-22)32-18-19-10-9-11-20(16-19)23(31)30-14-12-28(6)13-15-30/h9-11,16-17H,7-8,12-15,18H2,1-6H3. The third-order valence-corrected chi connectivity index (χ3v) is 6.80. The molecule has 0 aliphatic carbocycles. The quantitative estimate of drug-likeness (QED) is 0.458. The molecule has 32 heavy (non-hydrogen) atoms. The van der Waals surface area contributed by atoms with Crippen molar-refractivity contribution in [2.24, 2.45) is 0 Å². The van der Waals surface area contributed by atoms with Gasteiger partial charge in [-0.2, -0.15) is 0 Å². The largest absolute Gasteiger partial charge is 0.357 e. The molecule has 0 radical (unpaired) electrons. The summed E-state index contributed by atoms with van der Waals surface area (Å²) in [5.74, 6) is 1.84. The molecule has 2 heterocycles. The lowest BCUT2D eigenvalue weighted by atomic mass is 9.92. The molecule has 6 nitrogen and oxygen atoms in total. The van der Waals surface area contributed by atoms with Crippen LogP contribution in [-0.4, -0.2) is 72.0 Å². The van der Waals surface area contributed by atoms with Crippen LogP contribution in [0.3, 0.4) is 0 Å². The van der Waals surface area contributed by atoms with Crippen molar-refractivity contribution in [3.8, 4) is 0 Å². The number of carbonyl (C=O) groups excluding carboxylic acids is 1. The number of nitrogens with zero attached hydrogens (tertiary/aromatic N) is 5. The minimum Gasteiger partial charge on any atom is -0.357 e. The summed E-state index contributed by atoms with van der Waals surface area (Å²) in [6.45, 7) is 16.1. The van der Waals surface area contributed by atoms with E-state index in [-0.39, 0.29) is 11.3 Å². The van der Waals surface area contributed by atoms with Gasteiger partial charge < -0.3 is 14.7 Å². The number of piperazine rings is 1. The van der Waals surface area contributed by atoms with Crippen LogP contribution in [0.2, 0.25) is 0 Å². The number of carbonyl (C=O) groups is 1. The molecule has 0 unspecified atom stereocenters. The smallest absolute Gasteiger partial charge is 0.253 e. The summed E-state index contributed by atoms with van der Waals surface area (Å²) in [5, 5.41) is 0.787. The summed E-state index contributed by atoms with van der Waals surface area (Å²) in [6.07, 6.45) is 0. The highest BCUT2D eigenvalue weighted by atomic mass is 32.2. The van der Waals surface area contributed by atoms with Gasteiger partial charge in [0.25, 0.3) is 5.91 Å². The first-order chi connectivity index (χ1) is 15.2. The van der Waals surface area contributed by atoms with Gasteiger partial charge in [-0.1, -0.05) is 44.7 Å². The van der Waals surface area contributed by atoms with Crippen molar-refractivity contribution in [3.63, 3.8) is 0 Å². The van der Waals surface area contributed by atoms with Crippen LogP contribution in [0.5, 0.6) is 0 Å². The highest BCUT2D eigenvalue weighted by Gasteiger charge is 2.21. The van der Waals surface area contributed by atoms with E-state index in [0.29, 0.717) is 0 Å². The molecule has 0 atom stereocenters. The van der Waals surface area contributed by atoms with Crippen LogP contribution in [0, 0.1) is 0 Å². The Labute approximate surface area is 197 Å². The lowest BCUT2D eigenvalue weighted by Crippen LogP contribution is -2.47. The van der Waals surface area contributed by atoms with Gasteiger partial charge in [0.15, 0.2) is 5.16 Å². The second-order valence-electron chi connectivity index (χ2n) is 9.40. The topological polar surface area (TPSA) is 52.6 Å². The Morgan fingerprint density at radius 2 is 1.75 bits per heavy atom. The Morgan fingerprint density at radius 3 is 2.38 bits per heavy atom. The van der Waals surface area contributed by atoms with Gasteiger partial charge in [0, 0.05) is 62.1 Å². The molecule has 1 fully saturated rings. The fourth-order valence-electron chi connectivity index (χ4n) is 3.71. The normalized spacial score (nSPS) is 15.1. The first-order valence-corrected chi connectivity index (χ1v) is 12.5. The molecule has 0 spiro atoms. The van der Waals surface area contributed by atoms with Crippen LogP contribution in [0.1, 0.15) is 56.2 Å². The van der Waals surface area contributed by atoms with Crippen LogP contribution in [0.25, 0.3) is 0 Å². The number of benzene rings is 1. The van der Waals surface area contributed by atoms with Gasteiger partial charge >= 0.3 is 0 Å². The summed E-state index contributed by atoms with van der Waals surface area (Å²) in [5.41, 5.74) is 2.88. The highest BCUT2D eigenvalue weighted by Crippen LogP contribution is 2.28. The summed E-state index contributed by atoms with van der Waals surface area (Å²) >= 11 is 1.63. The molecule has 1 amide bonds. The third kappa shape index (κ3) is 6.23. The Bertz CT molecular complexity index is 915. The van der Waals surface area contributed by atoms with E-state index in [4.69, 9.17) is 9.97 Å². The maximum Gasteiger partial charge on any atom is 0.253 e. The minimum absolute atomic E-state index is 0.0466. The zero-order valence-corrected chi connectivity index (χ0v) is 21.2. The molecule has 1 aliphatic heterocycles. The van der Waals surface area contributed by atoms with Crippen molar-refractivity contribution in [2.45, 2.75) is 50.9 Å². The van der Waals surface area contributed by atoms with E-state index in [1.165, 1.54) is 0 Å². The van der Waals surface area contributed by atoms with Gasteiger partial charge in [-0.05, 0) is 38.6 Å². The molecule has 3 rings (SSSR count). The maximum absolute atomic E-state index is 12.9. The number of likely N-dealkylation sites (N-methyl/N-ethyl adjacent to an activating group) is 1. The van der Waals surface area contributed by atoms with E-state index in [1.807, 2.05) is 23.1 Å². The van der Waals surface area contributed by atoms with Gasteiger partial charge in [-0.3, -0.25) is 4.79 Å². The predicted octanol–water partition coefficient (Wildman–Crippen LogP) is 4.30. The van der Waals surface area contributed by atoms with Crippen LogP contribution in [0.15, 0.2) is 35.5 Å². The van der Waals surface area contributed by atoms with Crippen molar-refractivity contribution in [3.05, 3.63) is 47.2 Å². The molecule has 174 valence electrons. The molecular weight excluding hydrogens is 418 g/mol. The van der Waals surface area contributed by atoms with E-state index < -0.39 is 0 Å². The number of aromatic nitrogens is 2. The van der Waals surface area contributed by atoms with Crippen molar-refractivity contribution in [1.29, 1.82) is 0 Å². The third-order valence-electron chi connectivity index (χ3n) is 5.88. The Balaban J connectivity index is 1.75. The molecule has 1 aromatic carbocycles. The number of thioether (sulfide) groups is 1. The lowest BCUT2D eigenvalue weighted by Gasteiger charge is -2.32. The fourth-order valence-corrected chi connectivity index (χ4v) is 4.50. The van der Waals surface area contributed by atoms with E-state index in [2.05, 4.69) is 63.6 Å². The van der Waals surface area contributed by atoms with Crippen molar-refractivity contribution < 1.29 is 4.79 Å². The molecule has 1 saturated heterocycles. The predicted molar refractivity (Wildman–Crippen MR) is 134 cm³/mol. The van der Waals surface area contributed by atoms with Gasteiger partial charge in [-0.25, -0.2) is 9.97 Å². The monoisotopic (exact) mass is 455 g/mol. The summed E-state index contributed by atoms with van der Waals surface area (Å²) in [6, 6.07) is 10.1. The summed E-state index contributed by atoms with van der Waals surface area (Å²) < 4.78 is 0. The Morgan fingerprint density at radius 1 is 1.06 bits per heavy atom. The second-order valence-corrected chi connectivity index (χ2v) is 10.3. The van der Waals surface area contributed by atoms with Crippen LogP contribution in [0.4, 0.5) is 5.82 Å². The van der Waals surface area contributed by atoms with Gasteiger partial charge in [0.1, 0.15) is 5.82 Å². The highest BCUT2D eigenvalue weighted by molar-refractivity contribution is 7.98. The van der Waals surface area contributed by atoms with E-state index in [1.54, 1.807) is 11.8 Å². The molecule has 1 aromatic heterocycles. The van der Waals surface area contributed by atoms with Crippen LogP contribution < -0.4 is 4.90 Å². The molecular formula is C25H37N5OS. The van der Waals surface area contributed by atoms with E-state index in [0.717, 1.165) is 72.8 Å². The Hall–Kier alpha value is -2.12. The number of anilines is 1. The van der Waals surface area contributed by atoms with Crippen LogP contribution in [-0.2, 0) is 11.2 Å². The van der Waals surface area contributed by atoms with Crippen molar-refractivity contribution in [2.75, 3.05) is 51.2 Å². The lowest BCUT2D eigenvalue weighted by molar-refractivity contribution is 0.0664. The molecule has 0 saturated carbocycles. The Kier molecular flexibility index (Phi) is 8.17. The summed E-state index contributed by atoms with van der Waals surface area (Å²) in [4.78, 5) is 29.1. The first-order valence-electron chi connectivity index (χ1n) is 11.5. The molecule has 0 bridgehead atoms. The number of hydrogen-bond donors (Lipinski definition) is 0. The fraction of sp³-hybridized carbons (Fsp3) is 0.560. The molecule has 2 aromatic rings. The second kappa shape index (κ2) is 10.7. The summed E-state index contributed by atoms with van der Waals surface area (Å²) in [7, 11) is 2.10. The average molecular weight is 456 g/mol. The van der Waals surface area contributed by atoms with Gasteiger partial charge in [-0.15, -0.1) is 0 Å². The van der Waals surface area contributed by atoms with Gasteiger partial charge in [0.2, 0.25) is 0 Å². The molecule has 7 heteroatoms. The number of hydrogen-bond acceptors (Lipinski definition) is 6. The number of amides is 1. The van der Waals surface area contributed by atoms with Gasteiger partial charge in [0.05, 0.1) is 5.69 Å². The zero-order chi connectivity index (χ0) is 23.3. The van der Waals surface area contributed by atoms with Crippen LogP contribution >= 0.6 is 11.8 Å². The molecule has 0 N–H and O–H groups in total. The maximum atomic E-state index is 12.9. The van der Waals surface area contributed by atoms with Crippen molar-refractivity contribution >= 4 is 23.5 Å². The average Bonchev–Trinajstić information content (AvgIpc) is 2.78. The molecule has 1 aliphatic rings. The zero-order valence-electron chi connectivity index (χ0n) is 20.4. The minimum atomic E-state index is -0.0466. The van der Waals surface area contributed by atoms with Crippen molar-refractivity contribution in [1.82, 2.24) is 19.8 Å². The van der Waals surface area contributed by atoms with E-state index in [9.17, 15) is 4.79 Å².